The molecule has 0 saturated carbocycles. The molecule has 0 aliphatic heterocycles. The second-order valence-corrected chi connectivity index (χ2v) is 5.88. The van der Waals surface area contributed by atoms with Crippen molar-refractivity contribution in [3.8, 4) is 5.75 Å². The van der Waals surface area contributed by atoms with Gasteiger partial charge in [0.2, 0.25) is 5.91 Å². The van der Waals surface area contributed by atoms with Gasteiger partial charge < -0.3 is 21.1 Å². The number of anilines is 1. The molecule has 0 heterocycles. The van der Waals surface area contributed by atoms with Crippen molar-refractivity contribution in [1.29, 1.82) is 0 Å². The Morgan fingerprint density at radius 1 is 1.41 bits per heavy atom. The number of carbonyl (C=O) groups excluding carboxylic acids is 1. The molecular formula is C14H22ClIN4O2. The van der Waals surface area contributed by atoms with Crippen LogP contribution in [0.15, 0.2) is 23.2 Å². The minimum atomic E-state index is -0.293. The number of nitrogens with one attached hydrogen (secondary N) is 2. The molecule has 0 unspecified atom stereocenters. The van der Waals surface area contributed by atoms with Gasteiger partial charge in [-0.2, -0.15) is 0 Å². The highest BCUT2D eigenvalue weighted by Gasteiger charge is 2.13. The van der Waals surface area contributed by atoms with E-state index in [1.165, 1.54) is 7.11 Å². The first-order valence-corrected chi connectivity index (χ1v) is 6.80. The number of hydrogen-bond acceptors (Lipinski definition) is 3. The summed E-state index contributed by atoms with van der Waals surface area (Å²) in [6.45, 7) is 5.65. The zero-order chi connectivity index (χ0) is 16.0. The summed E-state index contributed by atoms with van der Waals surface area (Å²) in [6, 6.07) is 5.13. The Morgan fingerprint density at radius 3 is 2.55 bits per heavy atom. The van der Waals surface area contributed by atoms with Gasteiger partial charge in [-0.05, 0) is 39.0 Å². The maximum Gasteiger partial charge on any atom is 0.242 e. The largest absolute Gasteiger partial charge is 0.495 e. The first kappa shape index (κ1) is 20.8. The number of nitrogens with two attached hydrogens (primary N) is 1. The predicted molar refractivity (Wildman–Crippen MR) is 101 cm³/mol. The van der Waals surface area contributed by atoms with Crippen LogP contribution >= 0.6 is 35.6 Å². The zero-order valence-electron chi connectivity index (χ0n) is 13.1. The normalized spacial score (nSPS) is 11.4. The van der Waals surface area contributed by atoms with Gasteiger partial charge in [0.15, 0.2) is 5.96 Å². The lowest BCUT2D eigenvalue weighted by Gasteiger charge is -2.19. The van der Waals surface area contributed by atoms with Crippen molar-refractivity contribution in [2.45, 2.75) is 26.3 Å². The van der Waals surface area contributed by atoms with Crippen LogP contribution in [0.3, 0.4) is 0 Å². The number of nitrogens with zero attached hydrogens (tertiary/aromatic N) is 1. The van der Waals surface area contributed by atoms with E-state index in [0.29, 0.717) is 16.5 Å². The Hall–Kier alpha value is -1.22. The molecule has 1 rings (SSSR count). The topological polar surface area (TPSA) is 88.7 Å². The van der Waals surface area contributed by atoms with E-state index in [1.807, 2.05) is 20.8 Å². The molecular weight excluding hydrogens is 419 g/mol. The highest BCUT2D eigenvalue weighted by Crippen LogP contribution is 2.26. The third kappa shape index (κ3) is 7.69. The van der Waals surface area contributed by atoms with E-state index in [4.69, 9.17) is 22.1 Å². The minimum absolute atomic E-state index is 0. The van der Waals surface area contributed by atoms with E-state index in [-0.39, 0.29) is 47.9 Å². The third-order valence-electron chi connectivity index (χ3n) is 2.33. The Balaban J connectivity index is 0.00000441. The van der Waals surface area contributed by atoms with Gasteiger partial charge in [-0.25, -0.2) is 4.99 Å². The van der Waals surface area contributed by atoms with E-state index in [1.54, 1.807) is 18.2 Å². The Labute approximate surface area is 152 Å². The summed E-state index contributed by atoms with van der Waals surface area (Å²) < 4.78 is 5.06. The first-order chi connectivity index (χ1) is 9.71. The quantitative estimate of drug-likeness (QED) is 0.381. The van der Waals surface area contributed by atoms with Crippen LogP contribution in [0.1, 0.15) is 20.8 Å². The lowest BCUT2D eigenvalue weighted by molar-refractivity contribution is -0.121. The SMILES string of the molecule is COc1ccc(NC(N)=NCC(=O)NC(C)(C)C)cc1Cl.I. The van der Waals surface area contributed by atoms with E-state index in [0.717, 1.165) is 0 Å². The van der Waals surface area contributed by atoms with E-state index in [2.05, 4.69) is 15.6 Å². The van der Waals surface area contributed by atoms with Gasteiger partial charge in [0.1, 0.15) is 12.3 Å². The smallest absolute Gasteiger partial charge is 0.242 e. The summed E-state index contributed by atoms with van der Waals surface area (Å²) in [4.78, 5) is 15.6. The second kappa shape index (κ2) is 9.04. The van der Waals surface area contributed by atoms with Crippen molar-refractivity contribution in [1.82, 2.24) is 5.32 Å². The van der Waals surface area contributed by atoms with Crippen LogP contribution in [0.5, 0.6) is 5.75 Å². The Bertz CT molecular complexity index is 544. The van der Waals surface area contributed by atoms with E-state index < -0.39 is 0 Å². The Kier molecular flexibility index (Phi) is 8.54. The van der Waals surface area contributed by atoms with Crippen LogP contribution in [0.4, 0.5) is 5.69 Å². The average Bonchev–Trinajstić information content (AvgIpc) is 2.34. The number of methoxy groups -OCH3 is 1. The first-order valence-electron chi connectivity index (χ1n) is 6.43. The van der Waals surface area contributed by atoms with Gasteiger partial charge in [-0.3, -0.25) is 4.79 Å². The molecule has 1 aromatic rings. The fraction of sp³-hybridized carbons (Fsp3) is 0.429. The molecule has 8 heteroatoms. The van der Waals surface area contributed by atoms with Gasteiger partial charge in [-0.15, -0.1) is 24.0 Å². The summed E-state index contributed by atoms with van der Waals surface area (Å²) in [5.74, 6) is 0.516. The van der Waals surface area contributed by atoms with E-state index in [9.17, 15) is 4.79 Å². The van der Waals surface area contributed by atoms with Crippen LogP contribution in [0.25, 0.3) is 0 Å². The van der Waals surface area contributed by atoms with Gasteiger partial charge >= 0.3 is 0 Å². The number of hydrogen-bond donors (Lipinski definition) is 3. The number of ether oxygens (including phenoxy) is 1. The standard InChI is InChI=1S/C14H21ClN4O2.HI/c1-14(2,3)19-12(20)8-17-13(16)18-9-5-6-11(21-4)10(15)7-9;/h5-7H,8H2,1-4H3,(H,19,20)(H3,16,17,18);1H. The van der Waals surface area contributed by atoms with Crippen molar-refractivity contribution in [2.75, 3.05) is 19.0 Å². The van der Waals surface area contributed by atoms with Crippen LogP contribution in [0.2, 0.25) is 5.02 Å². The molecule has 1 aromatic carbocycles. The predicted octanol–water partition coefficient (Wildman–Crippen LogP) is 2.61. The highest BCUT2D eigenvalue weighted by atomic mass is 127. The number of carbonyl (C=O) groups is 1. The molecule has 0 bridgehead atoms. The molecule has 0 saturated heterocycles. The molecule has 6 nitrogen and oxygen atoms in total. The summed E-state index contributed by atoms with van der Waals surface area (Å²) in [7, 11) is 1.54. The summed E-state index contributed by atoms with van der Waals surface area (Å²) in [5, 5.41) is 6.11. The highest BCUT2D eigenvalue weighted by molar-refractivity contribution is 14.0. The second-order valence-electron chi connectivity index (χ2n) is 5.47. The molecule has 0 aliphatic carbocycles. The molecule has 22 heavy (non-hydrogen) atoms. The number of amides is 1. The zero-order valence-corrected chi connectivity index (χ0v) is 16.2. The molecule has 0 fully saturated rings. The van der Waals surface area contributed by atoms with Crippen molar-refractivity contribution < 1.29 is 9.53 Å². The molecule has 124 valence electrons. The van der Waals surface area contributed by atoms with Crippen LogP contribution in [-0.4, -0.2) is 31.1 Å². The molecule has 4 N–H and O–H groups in total. The summed E-state index contributed by atoms with van der Waals surface area (Å²) >= 11 is 6.00. The van der Waals surface area contributed by atoms with Crippen LogP contribution in [-0.2, 0) is 4.79 Å². The van der Waals surface area contributed by atoms with Crippen LogP contribution in [0, 0.1) is 0 Å². The fourth-order valence-corrected chi connectivity index (χ4v) is 1.80. The third-order valence-corrected chi connectivity index (χ3v) is 2.63. The molecule has 0 atom stereocenters. The number of aliphatic imine (C=N–C) groups is 1. The number of guanidine groups is 1. The van der Waals surface area contributed by atoms with Gasteiger partial charge in [0.25, 0.3) is 0 Å². The number of rotatable bonds is 4. The number of benzene rings is 1. The van der Waals surface area contributed by atoms with Crippen molar-refractivity contribution in [3.05, 3.63) is 23.2 Å². The molecule has 0 spiro atoms. The molecule has 1 amide bonds. The van der Waals surface area contributed by atoms with Crippen molar-refractivity contribution in [2.24, 2.45) is 10.7 Å². The lowest BCUT2D eigenvalue weighted by Crippen LogP contribution is -2.42. The Morgan fingerprint density at radius 2 is 2.05 bits per heavy atom. The van der Waals surface area contributed by atoms with Gasteiger partial charge in [0.05, 0.1) is 12.1 Å². The van der Waals surface area contributed by atoms with Crippen LogP contribution < -0.4 is 21.1 Å². The maximum atomic E-state index is 11.6. The van der Waals surface area contributed by atoms with Crippen molar-refractivity contribution >= 4 is 53.1 Å². The molecule has 0 aliphatic rings. The lowest BCUT2D eigenvalue weighted by atomic mass is 10.1. The van der Waals surface area contributed by atoms with Gasteiger partial charge in [-0.1, -0.05) is 11.6 Å². The van der Waals surface area contributed by atoms with Crippen molar-refractivity contribution in [3.63, 3.8) is 0 Å². The summed E-state index contributed by atoms with van der Waals surface area (Å²) in [5.41, 5.74) is 6.09. The monoisotopic (exact) mass is 440 g/mol. The minimum Gasteiger partial charge on any atom is -0.495 e. The maximum absolute atomic E-state index is 11.6. The molecule has 0 aromatic heterocycles. The van der Waals surface area contributed by atoms with E-state index >= 15 is 0 Å². The summed E-state index contributed by atoms with van der Waals surface area (Å²) in [6.07, 6.45) is 0. The molecule has 0 radical (unpaired) electrons. The van der Waals surface area contributed by atoms with Gasteiger partial charge in [0, 0.05) is 11.2 Å². The average molecular weight is 441 g/mol. The number of halogens is 2. The fourth-order valence-electron chi connectivity index (χ4n) is 1.55.